The molecule has 0 aliphatic heterocycles. The minimum Gasteiger partial charge on any atom is -0.398 e. The normalized spacial score (nSPS) is 10.3. The second-order valence-corrected chi connectivity index (χ2v) is 4.10. The van der Waals surface area contributed by atoms with Crippen molar-refractivity contribution in [2.45, 2.75) is 13.5 Å². The first-order valence-electron chi connectivity index (χ1n) is 5.77. The van der Waals surface area contributed by atoms with Gasteiger partial charge in [0.05, 0.1) is 11.9 Å². The van der Waals surface area contributed by atoms with Gasteiger partial charge in [0.1, 0.15) is 0 Å². The average molecular weight is 244 g/mol. The molecule has 0 saturated carbocycles. The van der Waals surface area contributed by atoms with Gasteiger partial charge in [-0.15, -0.1) is 0 Å². The van der Waals surface area contributed by atoms with Crippen molar-refractivity contribution in [3.05, 3.63) is 48.0 Å². The van der Waals surface area contributed by atoms with Crippen LogP contribution in [0.3, 0.4) is 0 Å². The Morgan fingerprint density at radius 2 is 2.33 bits per heavy atom. The molecule has 2 rings (SSSR count). The number of nitrogens with two attached hydrogens (primary N) is 1. The lowest BCUT2D eigenvalue weighted by Gasteiger charge is -2.10. The molecular formula is C13H16N4O. The first kappa shape index (κ1) is 12.2. The van der Waals surface area contributed by atoms with Crippen molar-refractivity contribution in [3.63, 3.8) is 0 Å². The molecule has 5 heteroatoms. The molecule has 0 spiro atoms. The zero-order valence-electron chi connectivity index (χ0n) is 10.3. The third-order valence-corrected chi connectivity index (χ3v) is 2.75. The fraction of sp³-hybridized carbons (Fsp3) is 0.231. The molecule has 1 heterocycles. The number of hydrogen-bond donors (Lipinski definition) is 2. The molecule has 0 saturated heterocycles. The molecule has 1 aromatic heterocycles. The Hall–Kier alpha value is -2.30. The Morgan fingerprint density at radius 1 is 1.50 bits per heavy atom. The second-order valence-electron chi connectivity index (χ2n) is 4.10. The maximum atomic E-state index is 12.0. The number of benzene rings is 1. The Kier molecular flexibility index (Phi) is 3.62. The Balaban J connectivity index is 1.96. The largest absolute Gasteiger partial charge is 0.398 e. The first-order chi connectivity index (χ1) is 8.68. The minimum absolute atomic E-state index is 0.134. The monoisotopic (exact) mass is 244 g/mol. The van der Waals surface area contributed by atoms with E-state index in [9.17, 15) is 4.79 Å². The van der Waals surface area contributed by atoms with Gasteiger partial charge in [-0.05, 0) is 18.6 Å². The first-order valence-corrected chi connectivity index (χ1v) is 5.77. The lowest BCUT2D eigenvalue weighted by Crippen LogP contribution is -2.28. The molecule has 0 fully saturated rings. The van der Waals surface area contributed by atoms with Crippen molar-refractivity contribution in [1.29, 1.82) is 0 Å². The summed E-state index contributed by atoms with van der Waals surface area (Å²) in [5.41, 5.74) is 7.76. The molecule has 0 radical (unpaired) electrons. The Labute approximate surface area is 106 Å². The highest BCUT2D eigenvalue weighted by atomic mass is 16.1. The number of amides is 1. The van der Waals surface area contributed by atoms with E-state index in [2.05, 4.69) is 10.3 Å². The van der Waals surface area contributed by atoms with Crippen LogP contribution in [0.5, 0.6) is 0 Å². The summed E-state index contributed by atoms with van der Waals surface area (Å²) in [7, 11) is 0. The van der Waals surface area contributed by atoms with Crippen LogP contribution in [-0.2, 0) is 6.54 Å². The Bertz CT molecular complexity index is 514. The van der Waals surface area contributed by atoms with E-state index < -0.39 is 0 Å². The van der Waals surface area contributed by atoms with Gasteiger partial charge < -0.3 is 15.6 Å². The van der Waals surface area contributed by atoms with Gasteiger partial charge in [0, 0.05) is 31.2 Å². The van der Waals surface area contributed by atoms with Crippen LogP contribution in [0.1, 0.15) is 15.9 Å². The average Bonchev–Trinajstić information content (AvgIpc) is 2.82. The van der Waals surface area contributed by atoms with E-state index in [1.165, 1.54) is 0 Å². The number of hydrogen-bond acceptors (Lipinski definition) is 3. The van der Waals surface area contributed by atoms with Crippen LogP contribution >= 0.6 is 0 Å². The molecule has 5 nitrogen and oxygen atoms in total. The van der Waals surface area contributed by atoms with Gasteiger partial charge >= 0.3 is 0 Å². The Morgan fingerprint density at radius 3 is 3.00 bits per heavy atom. The quantitative estimate of drug-likeness (QED) is 0.794. The summed E-state index contributed by atoms with van der Waals surface area (Å²) in [6, 6.07) is 5.45. The molecule has 0 unspecified atom stereocenters. The van der Waals surface area contributed by atoms with Gasteiger partial charge in [0.15, 0.2) is 0 Å². The van der Waals surface area contributed by atoms with Crippen molar-refractivity contribution in [2.24, 2.45) is 0 Å². The van der Waals surface area contributed by atoms with Gasteiger partial charge in [0.2, 0.25) is 0 Å². The molecule has 2 aromatic rings. The van der Waals surface area contributed by atoms with Crippen LogP contribution in [0.4, 0.5) is 5.69 Å². The van der Waals surface area contributed by atoms with Crippen LogP contribution in [-0.4, -0.2) is 22.0 Å². The number of nitrogens with one attached hydrogen (secondary N) is 1. The van der Waals surface area contributed by atoms with Crippen LogP contribution in [0, 0.1) is 6.92 Å². The number of imidazole rings is 1. The van der Waals surface area contributed by atoms with E-state index >= 15 is 0 Å². The summed E-state index contributed by atoms with van der Waals surface area (Å²) in [5, 5.41) is 2.85. The van der Waals surface area contributed by atoms with E-state index in [1.807, 2.05) is 29.8 Å². The fourth-order valence-electron chi connectivity index (χ4n) is 1.81. The summed E-state index contributed by atoms with van der Waals surface area (Å²) < 4.78 is 1.90. The van der Waals surface area contributed by atoms with Gasteiger partial charge in [0.25, 0.3) is 5.91 Å². The van der Waals surface area contributed by atoms with Crippen molar-refractivity contribution >= 4 is 11.6 Å². The maximum absolute atomic E-state index is 12.0. The fourth-order valence-corrected chi connectivity index (χ4v) is 1.81. The van der Waals surface area contributed by atoms with Gasteiger partial charge in [-0.3, -0.25) is 4.79 Å². The standard InChI is InChI=1S/C13H16N4O/c1-10-3-2-4-11(14)12(10)13(18)16-6-8-17-7-5-15-9-17/h2-5,7,9H,6,8,14H2,1H3,(H,16,18). The maximum Gasteiger partial charge on any atom is 0.253 e. The molecule has 0 atom stereocenters. The van der Waals surface area contributed by atoms with E-state index in [4.69, 9.17) is 5.73 Å². The van der Waals surface area contributed by atoms with Gasteiger partial charge in [-0.2, -0.15) is 0 Å². The number of anilines is 1. The highest BCUT2D eigenvalue weighted by molar-refractivity contribution is 6.00. The second kappa shape index (κ2) is 5.35. The summed E-state index contributed by atoms with van der Waals surface area (Å²) >= 11 is 0. The molecule has 0 bridgehead atoms. The predicted octanol–water partition coefficient (Wildman–Crippen LogP) is 1.20. The molecule has 0 aliphatic rings. The summed E-state index contributed by atoms with van der Waals surface area (Å²) in [6.45, 7) is 3.11. The topological polar surface area (TPSA) is 72.9 Å². The van der Waals surface area contributed by atoms with Crippen molar-refractivity contribution in [2.75, 3.05) is 12.3 Å². The van der Waals surface area contributed by atoms with E-state index in [0.29, 0.717) is 24.3 Å². The number of aryl methyl sites for hydroxylation is 1. The van der Waals surface area contributed by atoms with Gasteiger partial charge in [-0.1, -0.05) is 12.1 Å². The minimum atomic E-state index is -0.134. The number of carbonyl (C=O) groups excluding carboxylic acids is 1. The number of rotatable bonds is 4. The van der Waals surface area contributed by atoms with Crippen molar-refractivity contribution in [3.8, 4) is 0 Å². The molecule has 18 heavy (non-hydrogen) atoms. The summed E-state index contributed by atoms with van der Waals surface area (Å²) in [4.78, 5) is 15.9. The number of nitrogens with zero attached hydrogens (tertiary/aromatic N) is 2. The molecular weight excluding hydrogens is 228 g/mol. The zero-order valence-corrected chi connectivity index (χ0v) is 10.3. The van der Waals surface area contributed by atoms with Crippen LogP contribution in [0.25, 0.3) is 0 Å². The van der Waals surface area contributed by atoms with E-state index in [-0.39, 0.29) is 5.91 Å². The highest BCUT2D eigenvalue weighted by Gasteiger charge is 2.11. The van der Waals surface area contributed by atoms with Gasteiger partial charge in [-0.25, -0.2) is 4.98 Å². The summed E-state index contributed by atoms with van der Waals surface area (Å²) in [5.74, 6) is -0.134. The molecule has 1 aromatic carbocycles. The van der Waals surface area contributed by atoms with Crippen LogP contribution < -0.4 is 11.1 Å². The van der Waals surface area contributed by atoms with Crippen molar-refractivity contribution in [1.82, 2.24) is 14.9 Å². The van der Waals surface area contributed by atoms with Crippen LogP contribution in [0.15, 0.2) is 36.9 Å². The molecule has 94 valence electrons. The SMILES string of the molecule is Cc1cccc(N)c1C(=O)NCCn1ccnc1. The molecule has 3 N–H and O–H groups in total. The zero-order chi connectivity index (χ0) is 13.0. The third kappa shape index (κ3) is 2.68. The number of nitrogen functional groups attached to an aromatic ring is 1. The third-order valence-electron chi connectivity index (χ3n) is 2.75. The van der Waals surface area contributed by atoms with Crippen molar-refractivity contribution < 1.29 is 4.79 Å². The molecule has 1 amide bonds. The van der Waals surface area contributed by atoms with E-state index in [0.717, 1.165) is 5.56 Å². The lowest BCUT2D eigenvalue weighted by atomic mass is 10.1. The summed E-state index contributed by atoms with van der Waals surface area (Å²) in [6.07, 6.45) is 5.28. The van der Waals surface area contributed by atoms with Crippen LogP contribution in [0.2, 0.25) is 0 Å². The highest BCUT2D eigenvalue weighted by Crippen LogP contribution is 2.15. The number of carbonyl (C=O) groups is 1. The van der Waals surface area contributed by atoms with E-state index in [1.54, 1.807) is 18.6 Å². The predicted molar refractivity (Wildman–Crippen MR) is 70.2 cm³/mol. The smallest absolute Gasteiger partial charge is 0.253 e. The molecule has 0 aliphatic carbocycles. The number of aromatic nitrogens is 2. The lowest BCUT2D eigenvalue weighted by molar-refractivity contribution is 0.0952.